The van der Waals surface area contributed by atoms with Gasteiger partial charge in [0, 0.05) is 11.2 Å². The number of halogens is 3. The maximum atomic E-state index is 13.4. The number of carbonyl (C=O) groups is 1. The third-order valence-electron chi connectivity index (χ3n) is 2.04. The maximum absolute atomic E-state index is 13.4. The van der Waals surface area contributed by atoms with E-state index in [-0.39, 0.29) is 21.7 Å². The average Bonchev–Trinajstić information content (AvgIpc) is 2.32. The van der Waals surface area contributed by atoms with Gasteiger partial charge in [0.15, 0.2) is 0 Å². The summed E-state index contributed by atoms with van der Waals surface area (Å²) in [6.07, 6.45) is 1.37. The SMILES string of the molecule is O=C(Nc1ccnc(Cl)n1)c1cc(Cl)ccc1F. The molecular weight excluding hydrogens is 280 g/mol. The molecule has 0 aliphatic heterocycles. The van der Waals surface area contributed by atoms with E-state index in [1.807, 2.05) is 0 Å². The van der Waals surface area contributed by atoms with Crippen molar-refractivity contribution in [1.82, 2.24) is 9.97 Å². The average molecular weight is 286 g/mol. The summed E-state index contributed by atoms with van der Waals surface area (Å²) in [7, 11) is 0. The van der Waals surface area contributed by atoms with Gasteiger partial charge in [-0.15, -0.1) is 0 Å². The molecule has 0 bridgehead atoms. The van der Waals surface area contributed by atoms with E-state index in [1.165, 1.54) is 24.4 Å². The molecule has 0 spiro atoms. The van der Waals surface area contributed by atoms with Gasteiger partial charge in [-0.05, 0) is 35.9 Å². The second-order valence-corrected chi connectivity index (χ2v) is 4.06. The van der Waals surface area contributed by atoms with Gasteiger partial charge in [0.25, 0.3) is 5.91 Å². The number of aromatic nitrogens is 2. The molecule has 7 heteroatoms. The highest BCUT2D eigenvalue weighted by molar-refractivity contribution is 6.31. The Hall–Kier alpha value is -1.72. The molecule has 0 aliphatic rings. The molecule has 1 amide bonds. The predicted molar refractivity (Wildman–Crippen MR) is 66.4 cm³/mol. The Labute approximate surface area is 112 Å². The van der Waals surface area contributed by atoms with E-state index in [0.717, 1.165) is 6.07 Å². The number of nitrogens with one attached hydrogen (secondary N) is 1. The quantitative estimate of drug-likeness (QED) is 0.863. The lowest BCUT2D eigenvalue weighted by Crippen LogP contribution is -2.14. The largest absolute Gasteiger partial charge is 0.306 e. The highest BCUT2D eigenvalue weighted by Crippen LogP contribution is 2.16. The molecule has 0 fully saturated rings. The lowest BCUT2D eigenvalue weighted by molar-refractivity contribution is 0.102. The van der Waals surface area contributed by atoms with Crippen LogP contribution in [0.4, 0.5) is 10.2 Å². The van der Waals surface area contributed by atoms with Crippen LogP contribution in [-0.4, -0.2) is 15.9 Å². The van der Waals surface area contributed by atoms with Gasteiger partial charge in [0.05, 0.1) is 5.56 Å². The molecule has 0 radical (unpaired) electrons. The summed E-state index contributed by atoms with van der Waals surface area (Å²) in [6.45, 7) is 0. The van der Waals surface area contributed by atoms with Crippen LogP contribution >= 0.6 is 23.2 Å². The van der Waals surface area contributed by atoms with E-state index in [9.17, 15) is 9.18 Å². The Morgan fingerprint density at radius 3 is 2.78 bits per heavy atom. The molecular formula is C11H6Cl2FN3O. The molecule has 2 rings (SSSR count). The lowest BCUT2D eigenvalue weighted by atomic mass is 10.2. The molecule has 0 saturated heterocycles. The van der Waals surface area contributed by atoms with E-state index >= 15 is 0 Å². The maximum Gasteiger partial charge on any atom is 0.259 e. The van der Waals surface area contributed by atoms with Crippen LogP contribution in [0, 0.1) is 5.82 Å². The summed E-state index contributed by atoms with van der Waals surface area (Å²) in [5.74, 6) is -1.15. The molecule has 2 aromatic rings. The van der Waals surface area contributed by atoms with Gasteiger partial charge in [-0.2, -0.15) is 0 Å². The van der Waals surface area contributed by atoms with E-state index in [4.69, 9.17) is 23.2 Å². The fraction of sp³-hybridized carbons (Fsp3) is 0. The molecule has 4 nitrogen and oxygen atoms in total. The third kappa shape index (κ3) is 2.94. The molecule has 1 aromatic heterocycles. The van der Waals surface area contributed by atoms with Crippen molar-refractivity contribution in [1.29, 1.82) is 0 Å². The fourth-order valence-corrected chi connectivity index (χ4v) is 1.58. The van der Waals surface area contributed by atoms with Crippen LogP contribution in [0.2, 0.25) is 10.3 Å². The first-order valence-electron chi connectivity index (χ1n) is 4.81. The van der Waals surface area contributed by atoms with Gasteiger partial charge < -0.3 is 5.32 Å². The zero-order chi connectivity index (χ0) is 13.1. The topological polar surface area (TPSA) is 54.9 Å². The summed E-state index contributed by atoms with van der Waals surface area (Å²) in [5, 5.41) is 2.65. The van der Waals surface area contributed by atoms with Crippen molar-refractivity contribution in [2.75, 3.05) is 5.32 Å². The molecule has 0 unspecified atom stereocenters. The number of hydrogen-bond acceptors (Lipinski definition) is 3. The normalized spacial score (nSPS) is 10.2. The van der Waals surface area contributed by atoms with E-state index in [2.05, 4.69) is 15.3 Å². The zero-order valence-corrected chi connectivity index (χ0v) is 10.3. The van der Waals surface area contributed by atoms with Gasteiger partial charge in [-0.1, -0.05) is 11.6 Å². The monoisotopic (exact) mass is 285 g/mol. The van der Waals surface area contributed by atoms with Crippen LogP contribution in [0.25, 0.3) is 0 Å². The van der Waals surface area contributed by atoms with Crippen molar-refractivity contribution in [3.8, 4) is 0 Å². The number of carbonyl (C=O) groups excluding carboxylic acids is 1. The molecule has 0 atom stereocenters. The standard InChI is InChI=1S/C11H6Cl2FN3O/c12-6-1-2-8(14)7(5-6)10(18)16-9-3-4-15-11(13)17-9/h1-5H,(H,15,16,17,18). The first-order chi connectivity index (χ1) is 8.56. The second-order valence-electron chi connectivity index (χ2n) is 3.29. The smallest absolute Gasteiger partial charge is 0.259 e. The Balaban J connectivity index is 2.24. The minimum atomic E-state index is -0.669. The fourth-order valence-electron chi connectivity index (χ4n) is 1.26. The number of amides is 1. The second kappa shape index (κ2) is 5.29. The molecule has 18 heavy (non-hydrogen) atoms. The van der Waals surface area contributed by atoms with Crippen molar-refractivity contribution >= 4 is 34.9 Å². The summed E-state index contributed by atoms with van der Waals surface area (Å²) >= 11 is 11.3. The van der Waals surface area contributed by atoms with E-state index < -0.39 is 11.7 Å². The number of anilines is 1. The van der Waals surface area contributed by atoms with Crippen molar-refractivity contribution < 1.29 is 9.18 Å². The molecule has 92 valence electrons. The summed E-state index contributed by atoms with van der Waals surface area (Å²) in [6, 6.07) is 5.14. The highest BCUT2D eigenvalue weighted by atomic mass is 35.5. The van der Waals surface area contributed by atoms with Gasteiger partial charge in [-0.3, -0.25) is 4.79 Å². The number of nitrogens with zero attached hydrogens (tertiary/aromatic N) is 2. The number of rotatable bonds is 2. The number of benzene rings is 1. The highest BCUT2D eigenvalue weighted by Gasteiger charge is 2.13. The van der Waals surface area contributed by atoms with E-state index in [0.29, 0.717) is 0 Å². The predicted octanol–water partition coefficient (Wildman–Crippen LogP) is 3.17. The lowest BCUT2D eigenvalue weighted by Gasteiger charge is -2.05. The Morgan fingerprint density at radius 2 is 2.06 bits per heavy atom. The Kier molecular flexibility index (Phi) is 3.74. The van der Waals surface area contributed by atoms with Gasteiger partial charge in [0.1, 0.15) is 11.6 Å². The van der Waals surface area contributed by atoms with Crippen LogP contribution in [0.15, 0.2) is 30.5 Å². The molecule has 1 aromatic carbocycles. The zero-order valence-electron chi connectivity index (χ0n) is 8.82. The summed E-state index contributed by atoms with van der Waals surface area (Å²) in [4.78, 5) is 19.2. The van der Waals surface area contributed by atoms with Gasteiger partial charge >= 0.3 is 0 Å². The van der Waals surface area contributed by atoms with Crippen molar-refractivity contribution in [2.45, 2.75) is 0 Å². The summed E-state index contributed by atoms with van der Waals surface area (Å²) < 4.78 is 13.4. The van der Waals surface area contributed by atoms with Crippen LogP contribution in [0.1, 0.15) is 10.4 Å². The van der Waals surface area contributed by atoms with Crippen LogP contribution < -0.4 is 5.32 Å². The minimum Gasteiger partial charge on any atom is -0.306 e. The first-order valence-corrected chi connectivity index (χ1v) is 5.57. The van der Waals surface area contributed by atoms with Gasteiger partial charge in [0.2, 0.25) is 5.28 Å². The van der Waals surface area contributed by atoms with Crippen LogP contribution in [0.5, 0.6) is 0 Å². The van der Waals surface area contributed by atoms with E-state index in [1.54, 1.807) is 0 Å². The molecule has 1 N–H and O–H groups in total. The molecule has 1 heterocycles. The summed E-state index contributed by atoms with van der Waals surface area (Å²) in [5.41, 5.74) is -0.169. The minimum absolute atomic E-state index is 0.0145. The van der Waals surface area contributed by atoms with Crippen molar-refractivity contribution in [3.63, 3.8) is 0 Å². The Bertz CT molecular complexity index is 607. The number of hydrogen-bond donors (Lipinski definition) is 1. The van der Waals surface area contributed by atoms with Gasteiger partial charge in [-0.25, -0.2) is 14.4 Å². The van der Waals surface area contributed by atoms with Crippen LogP contribution in [0.3, 0.4) is 0 Å². The first kappa shape index (κ1) is 12.7. The van der Waals surface area contributed by atoms with Crippen LogP contribution in [-0.2, 0) is 0 Å². The Morgan fingerprint density at radius 1 is 1.28 bits per heavy atom. The van der Waals surface area contributed by atoms with Crippen molar-refractivity contribution in [3.05, 3.63) is 52.1 Å². The third-order valence-corrected chi connectivity index (χ3v) is 2.46. The molecule has 0 saturated carbocycles. The molecule has 0 aliphatic carbocycles. The van der Waals surface area contributed by atoms with Crippen molar-refractivity contribution in [2.24, 2.45) is 0 Å².